The van der Waals surface area contributed by atoms with Gasteiger partial charge < -0.3 is 10.2 Å². The molecular formula is C30H31F4N3O5. The first kappa shape index (κ1) is 30.9. The van der Waals surface area contributed by atoms with Crippen LogP contribution in [0.5, 0.6) is 0 Å². The Morgan fingerprint density at radius 1 is 1.07 bits per heavy atom. The number of aldehydes is 1. The Bertz CT molecular complexity index is 1400. The normalized spacial score (nSPS) is 19.4. The minimum Gasteiger partial charge on any atom is -0.341 e. The monoisotopic (exact) mass is 589 g/mol. The predicted molar refractivity (Wildman–Crippen MR) is 143 cm³/mol. The van der Waals surface area contributed by atoms with Crippen LogP contribution < -0.4 is 5.32 Å². The van der Waals surface area contributed by atoms with Gasteiger partial charge in [-0.3, -0.25) is 28.9 Å². The molecule has 0 saturated carbocycles. The van der Waals surface area contributed by atoms with E-state index in [4.69, 9.17) is 0 Å². The maximum Gasteiger partial charge on any atom is 0.416 e. The van der Waals surface area contributed by atoms with E-state index in [2.05, 4.69) is 5.32 Å². The Kier molecular flexibility index (Phi) is 8.56. The number of carbonyl (C=O) groups is 5. The fourth-order valence-electron chi connectivity index (χ4n) is 5.80. The fraction of sp³-hybridized carbons (Fsp3) is 0.433. The van der Waals surface area contributed by atoms with Gasteiger partial charge in [-0.25, -0.2) is 4.39 Å². The van der Waals surface area contributed by atoms with Gasteiger partial charge in [0.1, 0.15) is 18.1 Å². The van der Waals surface area contributed by atoms with Crippen molar-refractivity contribution in [3.63, 3.8) is 0 Å². The summed E-state index contributed by atoms with van der Waals surface area (Å²) in [4.78, 5) is 66.3. The summed E-state index contributed by atoms with van der Waals surface area (Å²) in [6.45, 7) is 3.47. The van der Waals surface area contributed by atoms with Crippen molar-refractivity contribution in [2.24, 2.45) is 17.3 Å². The van der Waals surface area contributed by atoms with E-state index < -0.39 is 58.2 Å². The van der Waals surface area contributed by atoms with Crippen LogP contribution in [0, 0.1) is 23.1 Å². The lowest BCUT2D eigenvalue weighted by molar-refractivity contribution is -0.145. The molecule has 8 nitrogen and oxygen atoms in total. The molecule has 12 heteroatoms. The zero-order valence-corrected chi connectivity index (χ0v) is 23.3. The molecule has 2 heterocycles. The van der Waals surface area contributed by atoms with Crippen LogP contribution in [-0.4, -0.2) is 65.9 Å². The van der Waals surface area contributed by atoms with E-state index in [0.717, 1.165) is 10.5 Å². The number of halogens is 4. The third kappa shape index (κ3) is 5.79. The Hall–Kier alpha value is -4.09. The van der Waals surface area contributed by atoms with Gasteiger partial charge in [-0.15, -0.1) is 0 Å². The van der Waals surface area contributed by atoms with Crippen molar-refractivity contribution in [3.8, 4) is 0 Å². The van der Waals surface area contributed by atoms with E-state index in [1.807, 2.05) is 0 Å². The lowest BCUT2D eigenvalue weighted by Gasteiger charge is -2.41. The summed E-state index contributed by atoms with van der Waals surface area (Å²) in [6.07, 6.45) is -3.44. The minimum absolute atomic E-state index is 0.100. The molecule has 0 bridgehead atoms. The summed E-state index contributed by atoms with van der Waals surface area (Å²) in [7, 11) is 1.43. The molecule has 4 amide bonds. The molecule has 2 aliphatic heterocycles. The summed E-state index contributed by atoms with van der Waals surface area (Å²) in [5.74, 6) is -4.65. The number of hydrogen-bond donors (Lipinski definition) is 1. The quantitative estimate of drug-likeness (QED) is 0.300. The van der Waals surface area contributed by atoms with E-state index in [1.165, 1.54) is 11.9 Å². The number of likely N-dealkylation sites (tertiary alicyclic amines) is 2. The van der Waals surface area contributed by atoms with E-state index in [0.29, 0.717) is 30.0 Å². The number of imide groups is 1. The van der Waals surface area contributed by atoms with Crippen LogP contribution in [-0.2, 0) is 27.0 Å². The third-order valence-electron chi connectivity index (χ3n) is 8.31. The first-order valence-electron chi connectivity index (χ1n) is 13.5. The average molecular weight is 590 g/mol. The molecular weight excluding hydrogens is 558 g/mol. The molecule has 2 atom stereocenters. The molecule has 0 radical (unpaired) electrons. The van der Waals surface area contributed by atoms with E-state index >= 15 is 0 Å². The molecule has 2 fully saturated rings. The van der Waals surface area contributed by atoms with E-state index in [-0.39, 0.29) is 44.2 Å². The van der Waals surface area contributed by atoms with Crippen molar-refractivity contribution in [1.82, 2.24) is 15.1 Å². The lowest BCUT2D eigenvalue weighted by Crippen LogP contribution is -2.55. The zero-order valence-electron chi connectivity index (χ0n) is 23.3. The van der Waals surface area contributed by atoms with Crippen molar-refractivity contribution < 1.29 is 41.5 Å². The maximum atomic E-state index is 14.3. The Morgan fingerprint density at radius 2 is 1.69 bits per heavy atom. The summed E-state index contributed by atoms with van der Waals surface area (Å²) in [6, 6.07) is 7.04. The Balaban J connectivity index is 1.50. The predicted octanol–water partition coefficient (Wildman–Crippen LogP) is 3.88. The number of piperidine rings is 1. The highest BCUT2D eigenvalue weighted by atomic mass is 19.4. The molecule has 4 rings (SSSR count). The van der Waals surface area contributed by atoms with E-state index in [9.17, 15) is 41.5 Å². The smallest absolute Gasteiger partial charge is 0.341 e. The average Bonchev–Trinajstić information content (AvgIpc) is 3.12. The highest BCUT2D eigenvalue weighted by Crippen LogP contribution is 2.47. The van der Waals surface area contributed by atoms with E-state index in [1.54, 1.807) is 38.1 Å². The highest BCUT2D eigenvalue weighted by molar-refractivity contribution is 6.07. The number of rotatable bonds is 7. The topological polar surface area (TPSA) is 104 Å². The summed E-state index contributed by atoms with van der Waals surface area (Å²) in [5, 5.41) is 2.39. The van der Waals surface area contributed by atoms with Gasteiger partial charge >= 0.3 is 6.18 Å². The largest absolute Gasteiger partial charge is 0.416 e. The summed E-state index contributed by atoms with van der Waals surface area (Å²) >= 11 is 0. The van der Waals surface area contributed by atoms with Crippen LogP contribution in [0.25, 0.3) is 0 Å². The molecule has 1 spiro atoms. The van der Waals surface area contributed by atoms with Gasteiger partial charge in [0.15, 0.2) is 0 Å². The highest BCUT2D eigenvalue weighted by Gasteiger charge is 2.58. The van der Waals surface area contributed by atoms with Gasteiger partial charge in [-0.2, -0.15) is 13.2 Å². The first-order valence-corrected chi connectivity index (χ1v) is 13.5. The maximum absolute atomic E-state index is 14.3. The number of amides is 4. The molecule has 2 aliphatic rings. The molecule has 2 aromatic rings. The lowest BCUT2D eigenvalue weighted by atomic mass is 9.68. The Labute approximate surface area is 240 Å². The van der Waals surface area contributed by atoms with Crippen molar-refractivity contribution in [2.75, 3.05) is 20.1 Å². The molecule has 42 heavy (non-hydrogen) atoms. The number of nitrogens with one attached hydrogen (secondary N) is 1. The second kappa shape index (κ2) is 11.7. The number of nitrogens with zero attached hydrogens (tertiary/aromatic N) is 2. The fourth-order valence-corrected chi connectivity index (χ4v) is 5.80. The van der Waals surface area contributed by atoms with Crippen molar-refractivity contribution in [1.29, 1.82) is 0 Å². The first-order chi connectivity index (χ1) is 19.7. The van der Waals surface area contributed by atoms with Crippen LogP contribution in [0.2, 0.25) is 0 Å². The van der Waals surface area contributed by atoms with Crippen LogP contribution in [0.1, 0.15) is 58.5 Å². The van der Waals surface area contributed by atoms with Gasteiger partial charge in [0.2, 0.25) is 17.7 Å². The van der Waals surface area contributed by atoms with Gasteiger partial charge in [-0.05, 0) is 48.9 Å². The zero-order chi connectivity index (χ0) is 31.0. The third-order valence-corrected chi connectivity index (χ3v) is 8.31. The van der Waals surface area contributed by atoms with Crippen molar-refractivity contribution in [3.05, 3.63) is 70.5 Å². The molecule has 224 valence electrons. The van der Waals surface area contributed by atoms with Crippen molar-refractivity contribution in [2.45, 2.75) is 45.3 Å². The van der Waals surface area contributed by atoms with Gasteiger partial charge in [-0.1, -0.05) is 38.1 Å². The van der Waals surface area contributed by atoms with Crippen molar-refractivity contribution >= 4 is 29.9 Å². The number of carbonyl (C=O) groups excluding carboxylic acids is 5. The van der Waals surface area contributed by atoms with Crippen LogP contribution in [0.15, 0.2) is 42.5 Å². The van der Waals surface area contributed by atoms with Gasteiger partial charge in [0.05, 0.1) is 22.5 Å². The second-order valence-corrected chi connectivity index (χ2v) is 11.2. The van der Waals surface area contributed by atoms with Crippen LogP contribution >= 0.6 is 0 Å². The summed E-state index contributed by atoms with van der Waals surface area (Å²) in [5.41, 5.74) is -1.80. The number of hydrogen-bond acceptors (Lipinski definition) is 5. The second-order valence-electron chi connectivity index (χ2n) is 11.2. The van der Waals surface area contributed by atoms with Gasteiger partial charge in [0, 0.05) is 25.7 Å². The molecule has 2 aromatic carbocycles. The summed E-state index contributed by atoms with van der Waals surface area (Å²) < 4.78 is 53.7. The SMILES string of the molecule is CC(C)[C@@H](NC(=O)c1cc(C(F)(F)F)ccc1F)C(=O)N1CCC2(CC1)C(=O)N(C)C(=O)C2Cc1ccc(C=O)cc1. The molecule has 0 aliphatic carbocycles. The number of benzene rings is 2. The van der Waals surface area contributed by atoms with Gasteiger partial charge in [0.25, 0.3) is 5.91 Å². The minimum atomic E-state index is -4.79. The Morgan fingerprint density at radius 3 is 2.24 bits per heavy atom. The van der Waals surface area contributed by atoms with Crippen LogP contribution in [0.3, 0.4) is 0 Å². The van der Waals surface area contributed by atoms with Crippen LogP contribution in [0.4, 0.5) is 17.6 Å². The standard InChI is InChI=1S/C30H31F4N3O5/c1-17(2)24(35-25(39)21-15-20(30(32,33)34)8-9-23(21)31)27(41)37-12-10-29(11-13-37)22(26(40)36(3)28(29)42)14-18-4-6-19(16-38)7-5-18/h4-9,15-17,22,24H,10-14H2,1-3H3,(H,35,39)/t22?,24-/m1/s1. The molecule has 0 aromatic heterocycles. The molecule has 1 N–H and O–H groups in total. The molecule has 2 saturated heterocycles. The molecule has 1 unspecified atom stereocenters. The number of alkyl halides is 3.